The number of aromatic nitrogens is 4. The molecule has 2 aromatic heterocycles. The molecule has 0 aliphatic carbocycles. The number of fused-ring (bicyclic) bond motifs is 1. The summed E-state index contributed by atoms with van der Waals surface area (Å²) in [5.41, 5.74) is 0.798. The molecule has 0 aliphatic rings. The van der Waals surface area contributed by atoms with Gasteiger partial charge in [-0.1, -0.05) is 6.92 Å². The first kappa shape index (κ1) is 21.4. The summed E-state index contributed by atoms with van der Waals surface area (Å²) in [6, 6.07) is 0. The molecule has 0 amide bonds. The molecular formula is C16H27N5O6. The summed E-state index contributed by atoms with van der Waals surface area (Å²) in [4.78, 5) is 12.6. The largest absolute Gasteiger partial charge is 0.396 e. The van der Waals surface area contributed by atoms with E-state index in [9.17, 15) is 20.4 Å². The van der Waals surface area contributed by atoms with E-state index in [0.29, 0.717) is 23.5 Å². The topological polar surface area (TPSA) is 166 Å². The van der Waals surface area contributed by atoms with Gasteiger partial charge >= 0.3 is 0 Å². The van der Waals surface area contributed by atoms with Gasteiger partial charge in [0.25, 0.3) is 0 Å². The molecule has 2 heterocycles. The Morgan fingerprint density at radius 3 is 2.44 bits per heavy atom. The molecule has 152 valence electrons. The van der Waals surface area contributed by atoms with Gasteiger partial charge in [-0.2, -0.15) is 0 Å². The van der Waals surface area contributed by atoms with Gasteiger partial charge in [0.2, 0.25) is 0 Å². The second kappa shape index (κ2) is 10.4. The van der Waals surface area contributed by atoms with Gasteiger partial charge in [0.05, 0.1) is 26.1 Å². The molecule has 0 spiro atoms. The van der Waals surface area contributed by atoms with Crippen LogP contribution in [0, 0.1) is 5.92 Å². The molecular weight excluding hydrogens is 358 g/mol. The monoisotopic (exact) mass is 385 g/mol. The first-order valence-corrected chi connectivity index (χ1v) is 8.74. The average molecular weight is 385 g/mol. The lowest BCUT2D eigenvalue weighted by Crippen LogP contribution is -2.35. The minimum Gasteiger partial charge on any atom is -0.396 e. The van der Waals surface area contributed by atoms with Gasteiger partial charge in [-0.3, -0.25) is 4.57 Å². The number of rotatable bonds is 12. The Morgan fingerprint density at radius 2 is 1.81 bits per heavy atom. The van der Waals surface area contributed by atoms with Crippen LogP contribution >= 0.6 is 0 Å². The lowest BCUT2D eigenvalue weighted by molar-refractivity contribution is -0.148. The van der Waals surface area contributed by atoms with Crippen LogP contribution in [0.5, 0.6) is 0 Å². The minimum atomic E-state index is -1.32. The van der Waals surface area contributed by atoms with Crippen LogP contribution in [0.4, 0.5) is 5.82 Å². The Kier molecular flexibility index (Phi) is 8.28. The number of ether oxygens (including phenoxy) is 1. The molecule has 27 heavy (non-hydrogen) atoms. The highest BCUT2D eigenvalue weighted by atomic mass is 16.5. The van der Waals surface area contributed by atoms with Gasteiger partial charge in [-0.05, 0) is 12.3 Å². The van der Waals surface area contributed by atoms with Crippen molar-refractivity contribution < 1.29 is 30.3 Å². The SMILES string of the molecule is C[C@H](CO)CCNc1ncnc2c1ncn2[C@H](OC(CO)CO)[C@@H](O)CO. The number of anilines is 1. The molecule has 0 saturated heterocycles. The van der Waals surface area contributed by atoms with Gasteiger partial charge in [0.15, 0.2) is 23.2 Å². The van der Waals surface area contributed by atoms with E-state index >= 15 is 0 Å². The van der Waals surface area contributed by atoms with E-state index in [1.54, 1.807) is 0 Å². The molecule has 11 nitrogen and oxygen atoms in total. The van der Waals surface area contributed by atoms with E-state index in [1.165, 1.54) is 17.2 Å². The van der Waals surface area contributed by atoms with E-state index in [-0.39, 0.29) is 12.5 Å². The normalized spacial score (nSPS) is 15.2. The van der Waals surface area contributed by atoms with E-state index in [4.69, 9.17) is 9.84 Å². The lowest BCUT2D eigenvalue weighted by atomic mass is 10.1. The van der Waals surface area contributed by atoms with Crippen molar-refractivity contribution in [3.63, 3.8) is 0 Å². The van der Waals surface area contributed by atoms with Crippen molar-refractivity contribution in [2.24, 2.45) is 5.92 Å². The molecule has 0 radical (unpaired) electrons. The van der Waals surface area contributed by atoms with E-state index in [2.05, 4.69) is 20.3 Å². The molecule has 0 aliphatic heterocycles. The third-order valence-corrected chi connectivity index (χ3v) is 4.13. The third kappa shape index (κ3) is 5.31. The quantitative estimate of drug-likeness (QED) is 0.252. The molecule has 3 atom stereocenters. The smallest absolute Gasteiger partial charge is 0.167 e. The molecule has 2 rings (SSSR count). The van der Waals surface area contributed by atoms with Crippen molar-refractivity contribution in [3.05, 3.63) is 12.7 Å². The second-order valence-corrected chi connectivity index (χ2v) is 6.31. The highest BCUT2D eigenvalue weighted by Crippen LogP contribution is 2.24. The fraction of sp³-hybridized carbons (Fsp3) is 0.688. The van der Waals surface area contributed by atoms with E-state index in [1.807, 2.05) is 6.92 Å². The number of aliphatic hydroxyl groups is 5. The number of nitrogens with zero attached hydrogens (tertiary/aromatic N) is 4. The summed E-state index contributed by atoms with van der Waals surface area (Å²) in [6.07, 6.45) is 0.0908. The highest BCUT2D eigenvalue weighted by Gasteiger charge is 2.27. The van der Waals surface area contributed by atoms with Crippen LogP contribution in [0.1, 0.15) is 19.6 Å². The Bertz CT molecular complexity index is 695. The van der Waals surface area contributed by atoms with Crippen LogP contribution in [0.15, 0.2) is 12.7 Å². The van der Waals surface area contributed by atoms with Crippen LogP contribution in [0.3, 0.4) is 0 Å². The van der Waals surface area contributed by atoms with Gasteiger partial charge in [0.1, 0.15) is 18.5 Å². The van der Waals surface area contributed by atoms with Crippen molar-refractivity contribution in [3.8, 4) is 0 Å². The van der Waals surface area contributed by atoms with E-state index in [0.717, 1.165) is 6.42 Å². The summed E-state index contributed by atoms with van der Waals surface area (Å²) in [7, 11) is 0. The van der Waals surface area contributed by atoms with Crippen LogP contribution in [0.25, 0.3) is 11.2 Å². The molecule has 0 fully saturated rings. The Labute approximate surface area is 156 Å². The first-order chi connectivity index (χ1) is 13.0. The number of nitrogens with one attached hydrogen (secondary N) is 1. The molecule has 6 N–H and O–H groups in total. The number of hydrogen-bond donors (Lipinski definition) is 6. The van der Waals surface area contributed by atoms with Crippen LogP contribution < -0.4 is 5.32 Å². The van der Waals surface area contributed by atoms with Crippen molar-refractivity contribution in [1.29, 1.82) is 0 Å². The van der Waals surface area contributed by atoms with Gasteiger partial charge in [0, 0.05) is 13.2 Å². The molecule has 11 heteroatoms. The van der Waals surface area contributed by atoms with Gasteiger partial charge in [-0.15, -0.1) is 0 Å². The molecule has 0 unspecified atom stereocenters. The maximum atomic E-state index is 10.1. The zero-order chi connectivity index (χ0) is 19.8. The van der Waals surface area contributed by atoms with Gasteiger partial charge < -0.3 is 35.6 Å². The summed E-state index contributed by atoms with van der Waals surface area (Å²) in [5.74, 6) is 0.640. The zero-order valence-corrected chi connectivity index (χ0v) is 15.1. The summed E-state index contributed by atoms with van der Waals surface area (Å²) < 4.78 is 6.94. The highest BCUT2D eigenvalue weighted by molar-refractivity contribution is 5.82. The average Bonchev–Trinajstić information content (AvgIpc) is 3.13. The predicted octanol–water partition coefficient (Wildman–Crippen LogP) is -1.52. The summed E-state index contributed by atoms with van der Waals surface area (Å²) in [5, 5.41) is 50.2. The Morgan fingerprint density at radius 1 is 1.07 bits per heavy atom. The Balaban J connectivity index is 2.27. The number of aliphatic hydroxyl groups excluding tert-OH is 5. The molecule has 0 aromatic carbocycles. The van der Waals surface area contributed by atoms with Crippen molar-refractivity contribution in [2.45, 2.75) is 31.8 Å². The fourth-order valence-electron chi connectivity index (χ4n) is 2.47. The van der Waals surface area contributed by atoms with Gasteiger partial charge in [-0.25, -0.2) is 15.0 Å². The van der Waals surface area contributed by atoms with Crippen molar-refractivity contribution >= 4 is 17.0 Å². The van der Waals surface area contributed by atoms with Crippen LogP contribution in [-0.2, 0) is 4.74 Å². The lowest BCUT2D eigenvalue weighted by Gasteiger charge is -2.26. The predicted molar refractivity (Wildman–Crippen MR) is 95.9 cm³/mol. The number of hydrogen-bond acceptors (Lipinski definition) is 10. The third-order valence-electron chi connectivity index (χ3n) is 4.13. The fourth-order valence-corrected chi connectivity index (χ4v) is 2.47. The van der Waals surface area contributed by atoms with E-state index < -0.39 is 38.3 Å². The molecule has 0 saturated carbocycles. The van der Waals surface area contributed by atoms with Crippen LogP contribution in [-0.4, -0.2) is 90.2 Å². The Hall–Kier alpha value is -1.89. The van der Waals surface area contributed by atoms with Crippen LogP contribution in [0.2, 0.25) is 0 Å². The maximum Gasteiger partial charge on any atom is 0.167 e. The standard InChI is InChI=1S/C16H27N5O6/c1-10(4-22)2-3-17-14-13-15(19-8-18-14)21(9-20-13)16(12(26)7-25)27-11(5-23)6-24/h8-12,16,22-26H,2-7H2,1H3,(H,17,18,19)/t10-,12-,16+/m0/s1. The second-order valence-electron chi connectivity index (χ2n) is 6.31. The minimum absolute atomic E-state index is 0.102. The summed E-state index contributed by atoms with van der Waals surface area (Å²) in [6.45, 7) is 1.11. The van der Waals surface area contributed by atoms with Crippen molar-refractivity contribution in [1.82, 2.24) is 19.5 Å². The van der Waals surface area contributed by atoms with Crippen molar-refractivity contribution in [2.75, 3.05) is 38.3 Å². The molecule has 0 bridgehead atoms. The summed E-state index contributed by atoms with van der Waals surface area (Å²) >= 11 is 0. The maximum absolute atomic E-state index is 10.1. The zero-order valence-electron chi connectivity index (χ0n) is 15.1. The molecule has 2 aromatic rings. The number of imidazole rings is 1. The first-order valence-electron chi connectivity index (χ1n) is 8.74.